The fourth-order valence-corrected chi connectivity index (χ4v) is 23.2. The van der Waals surface area contributed by atoms with Crippen molar-refractivity contribution in [2.24, 2.45) is 0 Å². The van der Waals surface area contributed by atoms with Crippen LogP contribution in [0.2, 0.25) is 25.8 Å². The molecule has 14 rings (SSSR count). The van der Waals surface area contributed by atoms with Crippen molar-refractivity contribution >= 4 is 157 Å². The SMILES string of the molecule is CCONC(=O)N(Cc1ccsc1)C1CCN([C@H](C)CCNC(=O)c2c(C)cc(Cl)nc2C)CC1.COCCC(=O)N(Cc1ccsc1)C1CCN([C@H](C)CCNC(=O)c2c(C)cc(Cl)nc2Cl)CC1.Cc1cc(C#N)[n+]([O-])c(C)c1C(=O)NCC[C@@H](C)N1CCC(N(Cc2ccsc2)C(=O)Nc2ccon2)CC1.Cc1cc(Cl)nc(Cl)c1C(=O)NCC[C@@H](C)N1CCC(N(Cc2ccsc2)C(=O)Cc2ccncc2)CC1. The molecule has 33 nitrogen and oxygen atoms in total. The molecule has 10 aromatic heterocycles. The first-order valence-corrected chi connectivity index (χ1v) is 55.5. The number of ether oxygens (including phenoxy) is 1. The van der Waals surface area contributed by atoms with E-state index in [2.05, 4.69) is 160 Å². The third-order valence-corrected chi connectivity index (χ3v) is 31.5. The standard InChI is InChI=1S/C28H33Cl2N5O2S.C27H33N7O4S.C25H34Cl2N4O3S.C25H36ClN5O3S/c1-19-15-24(29)33-27(30)26(19)28(37)32-11-3-20(2)34-12-6-23(7-13-34)35(17-22-8-14-38-18-22)25(36)16-21-4-9-31-10-5-21;1-18-14-23(15-28)34(37)20(3)25(18)26(35)29-9-4-19(2)32-10-5-22(6-11-32)33(16-21-8-13-39-17-21)27(36)30-24-7-12-38-31-24;1-17-14-21(26)29-24(27)23(17)25(33)28-9-4-18(2)30-10-5-20(6-11-30)31(22(32)7-12-34-3)15-19-8-13-35-16-19;1-5-34-29-25(33)31(15-20-9-13-35-16-20)21-7-11-30(12-8-21)18(3)6-10-27-24(32)23-17(2)14-22(26)28-19(23)4/h4-5,8-10,14-15,18,20,23H,3,6-7,11-13,16-17H2,1-2H3,(H,32,37);7-8,12-14,17,19,22H,4-6,9-11,16H2,1-3H3,(H,29,35)(H,30,31,36);8,13-14,16,18,20H,4-7,9-12,15H2,1-3H3,(H,28,33);9,13-14,16,18,21H,5-8,10-12,15H2,1-4H3,(H,27,32)(H,29,33)/t20-;19-;2*18-/m1111/s1. The van der Waals surface area contributed by atoms with E-state index in [9.17, 15) is 43.6 Å². The maximum atomic E-state index is 13.4. The highest BCUT2D eigenvalue weighted by Gasteiger charge is 2.37. The molecule has 0 aliphatic carbocycles. The smallest absolute Gasteiger partial charge is 0.341 e. The molecule has 4 aliphatic heterocycles. The number of nitriles is 1. The Kier molecular flexibility index (Phi) is 47.1. The Hall–Kier alpha value is -10.4. The van der Waals surface area contributed by atoms with E-state index in [-0.39, 0.29) is 110 Å². The highest BCUT2D eigenvalue weighted by atomic mass is 35.5. The van der Waals surface area contributed by atoms with Crippen LogP contribution in [0.5, 0.6) is 0 Å². The molecule has 0 saturated carbocycles. The van der Waals surface area contributed by atoms with E-state index in [0.29, 0.717) is 157 Å². The summed E-state index contributed by atoms with van der Waals surface area (Å²) in [5.41, 5.74) is 13.5. The molecular weight excluding hydrogens is 2050 g/mol. The monoisotopic (exact) mass is 2190 g/mol. The number of urea groups is 2. The molecule has 42 heteroatoms. The van der Waals surface area contributed by atoms with Gasteiger partial charge in [0.25, 0.3) is 29.3 Å². The highest BCUT2D eigenvalue weighted by Crippen LogP contribution is 2.32. The molecule has 10 amide bonds. The predicted molar refractivity (Wildman–Crippen MR) is 580 cm³/mol. The van der Waals surface area contributed by atoms with Gasteiger partial charge >= 0.3 is 12.1 Å². The van der Waals surface area contributed by atoms with Gasteiger partial charge in [0, 0.05) is 192 Å². The predicted octanol–water partition coefficient (Wildman–Crippen LogP) is 18.3. The van der Waals surface area contributed by atoms with Gasteiger partial charge in [-0.15, -0.1) is 0 Å². The lowest BCUT2D eigenvalue weighted by atomic mass is 9.99. The Balaban J connectivity index is 0.000000187. The zero-order chi connectivity index (χ0) is 106. The number of anilines is 1. The van der Waals surface area contributed by atoms with Crippen molar-refractivity contribution in [2.75, 3.05) is 104 Å². The lowest BCUT2D eigenvalue weighted by Gasteiger charge is -2.41. The average molecular weight is 2190 g/mol. The maximum Gasteiger partial charge on any atom is 0.341 e. The van der Waals surface area contributed by atoms with Crippen LogP contribution in [-0.4, -0.2) is 259 Å². The minimum Gasteiger partial charge on any atom is -0.618 e. The van der Waals surface area contributed by atoms with Crippen molar-refractivity contribution in [1.82, 2.24) is 91.0 Å². The van der Waals surface area contributed by atoms with Gasteiger partial charge in [0.2, 0.25) is 17.5 Å². The number of hydrogen-bond donors (Lipinski definition) is 6. The van der Waals surface area contributed by atoms with Gasteiger partial charge in [-0.25, -0.2) is 30.0 Å². The number of aromatic nitrogens is 6. The first kappa shape index (κ1) is 117. The van der Waals surface area contributed by atoms with Gasteiger partial charge in [0.05, 0.1) is 48.4 Å². The molecular formula is C105H136Cl5N21O12S4. The van der Waals surface area contributed by atoms with Gasteiger partial charge in [-0.05, 0) is 294 Å². The first-order chi connectivity index (χ1) is 70.7. The lowest BCUT2D eigenvalue weighted by molar-refractivity contribution is -0.615. The summed E-state index contributed by atoms with van der Waals surface area (Å²) in [5.74, 6) is -0.202. The molecule has 0 radical (unpaired) electrons. The number of hydrogen-bond acceptors (Lipinski definition) is 26. The molecule has 0 spiro atoms. The second-order valence-electron chi connectivity index (χ2n) is 37.6. The summed E-state index contributed by atoms with van der Waals surface area (Å²) >= 11 is 36.6. The van der Waals surface area contributed by atoms with Crippen molar-refractivity contribution in [2.45, 2.75) is 241 Å². The minimum absolute atomic E-state index is 0.0249. The molecule has 0 aromatic carbocycles. The molecule has 4 fully saturated rings. The molecule has 6 N–H and O–H groups in total. The van der Waals surface area contributed by atoms with Crippen molar-refractivity contribution in [3.05, 3.63) is 249 Å². The fourth-order valence-electron chi connectivity index (χ4n) is 19.1. The van der Waals surface area contributed by atoms with Crippen molar-refractivity contribution in [1.29, 1.82) is 5.26 Å². The number of aryl methyl sites for hydroxylation is 5. The summed E-state index contributed by atoms with van der Waals surface area (Å²) in [6, 6.07) is 23.4. The first-order valence-electron chi connectivity index (χ1n) is 49.9. The Morgan fingerprint density at radius 3 is 1.21 bits per heavy atom. The summed E-state index contributed by atoms with van der Waals surface area (Å²) in [7, 11) is 1.63. The number of thiophene rings is 4. The zero-order valence-electron chi connectivity index (χ0n) is 85.6. The van der Waals surface area contributed by atoms with Gasteiger partial charge in [-0.3, -0.25) is 43.9 Å². The van der Waals surface area contributed by atoms with Gasteiger partial charge in [0.15, 0.2) is 11.9 Å². The molecule has 4 aliphatic rings. The van der Waals surface area contributed by atoms with Crippen LogP contribution in [0.15, 0.2) is 133 Å². The van der Waals surface area contributed by atoms with Gasteiger partial charge in [0.1, 0.15) is 37.6 Å². The van der Waals surface area contributed by atoms with E-state index in [1.807, 2.05) is 63.6 Å². The summed E-state index contributed by atoms with van der Waals surface area (Å²) in [4.78, 5) is 142. The fraction of sp³-hybridized carbons (Fsp3) is 0.495. The van der Waals surface area contributed by atoms with Crippen molar-refractivity contribution in [3.8, 4) is 6.07 Å². The molecule has 147 heavy (non-hydrogen) atoms. The van der Waals surface area contributed by atoms with Gasteiger partial charge < -0.3 is 74.9 Å². The van der Waals surface area contributed by atoms with E-state index < -0.39 is 0 Å². The Morgan fingerprint density at radius 1 is 0.490 bits per heavy atom. The number of carbonyl (C=O) groups excluding carboxylic acids is 8. The van der Waals surface area contributed by atoms with Crippen molar-refractivity contribution in [3.63, 3.8) is 0 Å². The molecule has 792 valence electrons. The Morgan fingerprint density at radius 2 is 0.850 bits per heavy atom. The third-order valence-electron chi connectivity index (χ3n) is 27.4. The average Bonchev–Trinajstić information content (AvgIpc) is 1.66. The number of likely N-dealkylation sites (tertiary alicyclic amines) is 4. The summed E-state index contributed by atoms with van der Waals surface area (Å²) in [6.45, 7) is 33.6. The van der Waals surface area contributed by atoms with Crippen LogP contribution in [-0.2, 0) is 51.8 Å². The maximum absolute atomic E-state index is 13.4. The Labute approximate surface area is 903 Å². The van der Waals surface area contributed by atoms with Crippen LogP contribution < -0.4 is 36.8 Å². The van der Waals surface area contributed by atoms with Gasteiger partial charge in [-0.2, -0.15) is 55.3 Å². The van der Waals surface area contributed by atoms with Crippen LogP contribution in [0.1, 0.15) is 227 Å². The van der Waals surface area contributed by atoms with E-state index in [4.69, 9.17) is 77.4 Å². The normalized spacial score (nSPS) is 15.3. The second kappa shape index (κ2) is 59.3. The number of methoxy groups -OCH3 is 1. The van der Waals surface area contributed by atoms with Crippen LogP contribution in [0.25, 0.3) is 0 Å². The van der Waals surface area contributed by atoms with E-state index in [0.717, 1.165) is 152 Å². The molecule has 14 heterocycles. The zero-order valence-corrected chi connectivity index (χ0v) is 92.6. The third kappa shape index (κ3) is 35.1. The quantitative estimate of drug-likeness (QED) is 0.00899. The molecule has 0 unspecified atom stereocenters. The summed E-state index contributed by atoms with van der Waals surface area (Å²) in [5, 5.41) is 57.5. The lowest BCUT2D eigenvalue weighted by Crippen LogP contribution is -2.51. The number of rotatable bonds is 40. The number of halogens is 5. The van der Waals surface area contributed by atoms with Crippen LogP contribution in [0.3, 0.4) is 0 Å². The number of amides is 10. The highest BCUT2D eigenvalue weighted by molar-refractivity contribution is 7.08. The summed E-state index contributed by atoms with van der Waals surface area (Å²) in [6.07, 6.45) is 16.1. The van der Waals surface area contributed by atoms with Crippen LogP contribution in [0.4, 0.5) is 15.4 Å². The van der Waals surface area contributed by atoms with Crippen LogP contribution in [0, 0.1) is 58.1 Å². The summed E-state index contributed by atoms with van der Waals surface area (Å²) < 4.78 is 10.5. The number of pyridine rings is 5. The largest absolute Gasteiger partial charge is 0.618 e. The molecule has 4 saturated heterocycles. The number of carbonyl (C=O) groups is 8. The van der Waals surface area contributed by atoms with Crippen LogP contribution >= 0.6 is 103 Å². The molecule has 0 bridgehead atoms. The van der Waals surface area contributed by atoms with Crippen molar-refractivity contribution < 1.29 is 57.2 Å². The van der Waals surface area contributed by atoms with E-state index in [1.54, 1.807) is 124 Å². The van der Waals surface area contributed by atoms with E-state index >= 15 is 0 Å². The number of piperidine rings is 4. The Bertz CT molecular complexity index is 5680. The topological polar surface area (TPSA) is 381 Å². The molecule has 10 aromatic rings. The number of nitrogens with one attached hydrogen (secondary N) is 6. The number of hydroxylamine groups is 1. The second-order valence-corrected chi connectivity index (χ2v) is 42.6. The van der Waals surface area contributed by atoms with E-state index in [1.165, 1.54) is 23.5 Å². The minimum atomic E-state index is -0.313. The molecule has 4 atom stereocenters. The van der Waals surface area contributed by atoms with Gasteiger partial charge in [-0.1, -0.05) is 63.2 Å². The number of nitrogens with zero attached hydrogens (tertiary/aromatic N) is 15.